The fraction of sp³-hybridized carbons (Fsp3) is 0.222. The lowest BCUT2D eigenvalue weighted by Crippen LogP contribution is -1.90. The van der Waals surface area contributed by atoms with Gasteiger partial charge in [0, 0.05) is 0 Å². The van der Waals surface area contributed by atoms with Crippen molar-refractivity contribution in [3.63, 3.8) is 0 Å². The SMILES string of the molecule is C/C=C\C=C/c1cc(C)ccc1C1=CCCC=C1. The van der Waals surface area contributed by atoms with Crippen molar-refractivity contribution in [2.75, 3.05) is 0 Å². The maximum absolute atomic E-state index is 2.33. The van der Waals surface area contributed by atoms with Gasteiger partial charge in [0.1, 0.15) is 0 Å². The number of allylic oxidation sites excluding steroid dienone is 7. The van der Waals surface area contributed by atoms with Gasteiger partial charge in [0.15, 0.2) is 0 Å². The second-order valence-electron chi connectivity index (χ2n) is 4.61. The van der Waals surface area contributed by atoms with Crippen LogP contribution in [-0.2, 0) is 0 Å². The van der Waals surface area contributed by atoms with Gasteiger partial charge in [-0.1, -0.05) is 66.3 Å². The van der Waals surface area contributed by atoms with Gasteiger partial charge in [0.25, 0.3) is 0 Å². The molecule has 2 rings (SSSR count). The summed E-state index contributed by atoms with van der Waals surface area (Å²) in [5.74, 6) is 0. The van der Waals surface area contributed by atoms with Gasteiger partial charge in [0.05, 0.1) is 0 Å². The molecule has 1 aromatic carbocycles. The van der Waals surface area contributed by atoms with Gasteiger partial charge in [0.2, 0.25) is 0 Å². The summed E-state index contributed by atoms with van der Waals surface area (Å²) < 4.78 is 0. The molecule has 0 nitrogen and oxygen atoms in total. The second-order valence-corrected chi connectivity index (χ2v) is 4.61. The highest BCUT2D eigenvalue weighted by Crippen LogP contribution is 2.26. The first-order valence-corrected chi connectivity index (χ1v) is 6.58. The van der Waals surface area contributed by atoms with E-state index in [0.29, 0.717) is 0 Å². The van der Waals surface area contributed by atoms with E-state index in [1.54, 1.807) is 0 Å². The fourth-order valence-corrected chi connectivity index (χ4v) is 2.17. The average molecular weight is 236 g/mol. The Labute approximate surface area is 110 Å². The molecule has 0 spiro atoms. The molecule has 0 heteroatoms. The Hall–Kier alpha value is -1.82. The van der Waals surface area contributed by atoms with Crippen LogP contribution < -0.4 is 0 Å². The van der Waals surface area contributed by atoms with Crippen LogP contribution in [0.2, 0.25) is 0 Å². The van der Waals surface area contributed by atoms with E-state index in [4.69, 9.17) is 0 Å². The highest BCUT2D eigenvalue weighted by atomic mass is 14.1. The van der Waals surface area contributed by atoms with E-state index in [9.17, 15) is 0 Å². The topological polar surface area (TPSA) is 0 Å². The van der Waals surface area contributed by atoms with Crippen molar-refractivity contribution in [2.24, 2.45) is 0 Å². The van der Waals surface area contributed by atoms with Gasteiger partial charge in [-0.3, -0.25) is 0 Å². The largest absolute Gasteiger partial charge is 0.0877 e. The quantitative estimate of drug-likeness (QED) is 0.623. The molecule has 0 saturated carbocycles. The van der Waals surface area contributed by atoms with E-state index < -0.39 is 0 Å². The molecule has 0 saturated heterocycles. The summed E-state index contributed by atoms with van der Waals surface area (Å²) in [6.07, 6.45) is 17.5. The van der Waals surface area contributed by atoms with Crippen molar-refractivity contribution in [3.05, 3.63) is 71.3 Å². The third-order valence-corrected chi connectivity index (χ3v) is 3.09. The molecule has 0 radical (unpaired) electrons. The minimum atomic E-state index is 1.15. The molecule has 0 fully saturated rings. The Morgan fingerprint density at radius 2 is 2.00 bits per heavy atom. The van der Waals surface area contributed by atoms with E-state index in [-0.39, 0.29) is 0 Å². The molecule has 0 aromatic heterocycles. The minimum absolute atomic E-state index is 1.15. The third-order valence-electron chi connectivity index (χ3n) is 3.09. The van der Waals surface area contributed by atoms with Crippen molar-refractivity contribution >= 4 is 11.6 Å². The van der Waals surface area contributed by atoms with E-state index in [1.165, 1.54) is 28.7 Å². The fourth-order valence-electron chi connectivity index (χ4n) is 2.17. The Bertz CT molecular complexity index is 525. The monoisotopic (exact) mass is 236 g/mol. The molecule has 0 amide bonds. The zero-order valence-corrected chi connectivity index (χ0v) is 11.2. The summed E-state index contributed by atoms with van der Waals surface area (Å²) in [7, 11) is 0. The minimum Gasteiger partial charge on any atom is -0.0877 e. The van der Waals surface area contributed by atoms with E-state index >= 15 is 0 Å². The summed E-state index contributed by atoms with van der Waals surface area (Å²) in [5.41, 5.74) is 5.28. The van der Waals surface area contributed by atoms with Crippen molar-refractivity contribution in [1.82, 2.24) is 0 Å². The zero-order chi connectivity index (χ0) is 12.8. The molecule has 0 heterocycles. The van der Waals surface area contributed by atoms with Crippen LogP contribution in [0.3, 0.4) is 0 Å². The number of benzene rings is 1. The molecular formula is C18H20. The Kier molecular flexibility index (Phi) is 4.35. The van der Waals surface area contributed by atoms with Gasteiger partial charge in [-0.05, 0) is 43.4 Å². The lowest BCUT2D eigenvalue weighted by Gasteiger charge is -2.11. The van der Waals surface area contributed by atoms with Crippen LogP contribution in [0.15, 0.2) is 54.7 Å². The highest BCUT2D eigenvalue weighted by molar-refractivity contribution is 5.81. The number of hydrogen-bond donors (Lipinski definition) is 0. The summed E-state index contributed by atoms with van der Waals surface area (Å²) >= 11 is 0. The van der Waals surface area contributed by atoms with Crippen LogP contribution in [0, 0.1) is 6.92 Å². The molecule has 0 N–H and O–H groups in total. The number of rotatable bonds is 3. The molecule has 1 aliphatic rings. The standard InChI is InChI=1S/C18H20/c1-3-4-6-11-17-14-15(2)12-13-18(17)16-9-7-5-8-10-16/h3-4,6-7,9-14H,5,8H2,1-2H3/b4-3-,11-6-. The summed E-state index contributed by atoms with van der Waals surface area (Å²) in [5, 5.41) is 0. The van der Waals surface area contributed by atoms with Gasteiger partial charge in [-0.25, -0.2) is 0 Å². The van der Waals surface area contributed by atoms with Gasteiger partial charge >= 0.3 is 0 Å². The van der Waals surface area contributed by atoms with Crippen LogP contribution in [-0.4, -0.2) is 0 Å². The van der Waals surface area contributed by atoms with Crippen LogP contribution in [0.4, 0.5) is 0 Å². The van der Waals surface area contributed by atoms with Gasteiger partial charge < -0.3 is 0 Å². The molecule has 0 unspecified atom stereocenters. The number of hydrogen-bond acceptors (Lipinski definition) is 0. The normalized spacial score (nSPS) is 15.6. The van der Waals surface area contributed by atoms with Crippen LogP contribution in [0.1, 0.15) is 36.5 Å². The first-order valence-electron chi connectivity index (χ1n) is 6.58. The molecule has 1 aliphatic carbocycles. The average Bonchev–Trinajstić information content (AvgIpc) is 2.40. The Morgan fingerprint density at radius 3 is 2.72 bits per heavy atom. The zero-order valence-electron chi connectivity index (χ0n) is 11.2. The Balaban J connectivity index is 2.40. The predicted molar refractivity (Wildman–Crippen MR) is 81.4 cm³/mol. The maximum atomic E-state index is 2.33. The molecule has 18 heavy (non-hydrogen) atoms. The predicted octanol–water partition coefficient (Wildman–Crippen LogP) is 5.32. The molecule has 1 aromatic rings. The van der Waals surface area contributed by atoms with Crippen molar-refractivity contribution in [2.45, 2.75) is 26.7 Å². The van der Waals surface area contributed by atoms with Crippen molar-refractivity contribution in [3.8, 4) is 0 Å². The van der Waals surface area contributed by atoms with Crippen molar-refractivity contribution < 1.29 is 0 Å². The highest BCUT2D eigenvalue weighted by Gasteiger charge is 2.05. The molecule has 0 aliphatic heterocycles. The molecule has 0 atom stereocenters. The van der Waals surface area contributed by atoms with E-state index in [0.717, 1.165) is 6.42 Å². The Morgan fingerprint density at radius 1 is 1.11 bits per heavy atom. The van der Waals surface area contributed by atoms with E-state index in [1.807, 2.05) is 13.0 Å². The van der Waals surface area contributed by atoms with E-state index in [2.05, 4.69) is 61.6 Å². The molecule has 92 valence electrons. The first kappa shape index (κ1) is 12.6. The lowest BCUT2D eigenvalue weighted by atomic mass is 9.94. The van der Waals surface area contributed by atoms with Crippen LogP contribution >= 0.6 is 0 Å². The second kappa shape index (κ2) is 6.20. The lowest BCUT2D eigenvalue weighted by molar-refractivity contribution is 1.04. The van der Waals surface area contributed by atoms with Gasteiger partial charge in [-0.15, -0.1) is 0 Å². The third kappa shape index (κ3) is 3.10. The van der Waals surface area contributed by atoms with Crippen LogP contribution in [0.25, 0.3) is 11.6 Å². The smallest absolute Gasteiger partial charge is 0.0115 e. The van der Waals surface area contributed by atoms with Gasteiger partial charge in [-0.2, -0.15) is 0 Å². The van der Waals surface area contributed by atoms with Crippen LogP contribution in [0.5, 0.6) is 0 Å². The van der Waals surface area contributed by atoms with Crippen molar-refractivity contribution in [1.29, 1.82) is 0 Å². The molecule has 0 bridgehead atoms. The number of aryl methyl sites for hydroxylation is 1. The maximum Gasteiger partial charge on any atom is -0.0115 e. The molecular weight excluding hydrogens is 216 g/mol. The summed E-state index contributed by atoms with van der Waals surface area (Å²) in [4.78, 5) is 0. The first-order chi connectivity index (χ1) is 8.81. The summed E-state index contributed by atoms with van der Waals surface area (Å²) in [6, 6.07) is 6.66. The summed E-state index contributed by atoms with van der Waals surface area (Å²) in [6.45, 7) is 4.18.